The number of aryl methyl sites for hydroxylation is 1. The van der Waals surface area contributed by atoms with E-state index in [0.29, 0.717) is 0 Å². The highest BCUT2D eigenvalue weighted by Crippen LogP contribution is 2.23. The van der Waals surface area contributed by atoms with E-state index in [1.54, 1.807) is 6.07 Å². The molecule has 14 heavy (non-hydrogen) atoms. The van der Waals surface area contributed by atoms with E-state index in [2.05, 4.69) is 0 Å². The third kappa shape index (κ3) is 1.59. The van der Waals surface area contributed by atoms with E-state index in [-0.39, 0.29) is 11.1 Å². The Morgan fingerprint density at radius 3 is 2.43 bits per heavy atom. The number of halogens is 2. The molecule has 0 aliphatic rings. The van der Waals surface area contributed by atoms with Gasteiger partial charge in [-0.05, 0) is 19.4 Å². The maximum atomic E-state index is 13.3. The zero-order valence-corrected chi connectivity index (χ0v) is 7.94. The number of benzene rings is 1. The van der Waals surface area contributed by atoms with Crippen molar-refractivity contribution in [3.05, 3.63) is 34.9 Å². The van der Waals surface area contributed by atoms with Gasteiger partial charge >= 0.3 is 0 Å². The van der Waals surface area contributed by atoms with Crippen LogP contribution in [0.25, 0.3) is 0 Å². The lowest BCUT2D eigenvalue weighted by Crippen LogP contribution is -2.32. The second-order valence-corrected chi connectivity index (χ2v) is 3.37. The fourth-order valence-electron chi connectivity index (χ4n) is 1.11. The summed E-state index contributed by atoms with van der Waals surface area (Å²) in [6.07, 6.45) is 0. The summed E-state index contributed by atoms with van der Waals surface area (Å²) in [6, 6.07) is 4.45. The molecular weight excluding hydrogens is 186 g/mol. The first-order valence-corrected chi connectivity index (χ1v) is 4.05. The molecule has 0 radical (unpaired) electrons. The average Bonchev–Trinajstić information content (AvgIpc) is 2.14. The molecule has 0 saturated heterocycles. The number of hydrogen-bond donors (Lipinski definition) is 1. The molecule has 1 rings (SSSR count). The van der Waals surface area contributed by atoms with Gasteiger partial charge in [0.25, 0.3) is 0 Å². The van der Waals surface area contributed by atoms with Crippen molar-refractivity contribution in [2.24, 2.45) is 5.73 Å². The summed E-state index contributed by atoms with van der Waals surface area (Å²) in [6.45, 7) is 2.78. The first kappa shape index (κ1) is 10.6. The lowest BCUT2D eigenvalue weighted by Gasteiger charge is -2.17. The summed E-state index contributed by atoms with van der Waals surface area (Å²) >= 11 is 0. The molecule has 0 bridgehead atoms. The van der Waals surface area contributed by atoms with Crippen molar-refractivity contribution < 1.29 is 8.78 Å². The molecule has 0 aliphatic carbocycles. The molecule has 0 heterocycles. The van der Waals surface area contributed by atoms with Crippen LogP contribution in [0.4, 0.5) is 8.78 Å². The van der Waals surface area contributed by atoms with Gasteiger partial charge in [0.15, 0.2) is 11.6 Å². The highest BCUT2D eigenvalue weighted by Gasteiger charge is 2.26. The predicted octanol–water partition coefficient (Wildman–Crippen LogP) is 1.97. The van der Waals surface area contributed by atoms with Crippen LogP contribution in [0.15, 0.2) is 12.1 Å². The van der Waals surface area contributed by atoms with E-state index >= 15 is 0 Å². The average molecular weight is 196 g/mol. The van der Waals surface area contributed by atoms with Crippen LogP contribution in [-0.4, -0.2) is 0 Å². The second kappa shape index (κ2) is 3.35. The molecule has 0 unspecified atom stereocenters. The van der Waals surface area contributed by atoms with Crippen molar-refractivity contribution in [1.82, 2.24) is 0 Å². The molecule has 74 valence electrons. The summed E-state index contributed by atoms with van der Waals surface area (Å²) in [7, 11) is 0. The van der Waals surface area contributed by atoms with Gasteiger partial charge in [0.2, 0.25) is 0 Å². The highest BCUT2D eigenvalue weighted by molar-refractivity contribution is 5.34. The summed E-state index contributed by atoms with van der Waals surface area (Å²) in [5, 5.41) is 8.67. The van der Waals surface area contributed by atoms with Gasteiger partial charge in [-0.1, -0.05) is 12.1 Å². The molecular formula is C10H10F2N2. The Kier molecular flexibility index (Phi) is 2.54. The Hall–Kier alpha value is -1.47. The fourth-order valence-corrected chi connectivity index (χ4v) is 1.11. The van der Waals surface area contributed by atoms with Crippen LogP contribution in [0, 0.1) is 29.9 Å². The van der Waals surface area contributed by atoms with Crippen LogP contribution < -0.4 is 5.73 Å². The van der Waals surface area contributed by atoms with Crippen LogP contribution in [-0.2, 0) is 5.54 Å². The van der Waals surface area contributed by atoms with Crippen LogP contribution >= 0.6 is 0 Å². The maximum Gasteiger partial charge on any atom is 0.165 e. The third-order valence-corrected chi connectivity index (χ3v) is 2.07. The minimum absolute atomic E-state index is 0.122. The van der Waals surface area contributed by atoms with E-state index in [4.69, 9.17) is 11.0 Å². The van der Waals surface area contributed by atoms with Crippen LogP contribution in [0.1, 0.15) is 18.1 Å². The molecule has 2 nitrogen and oxygen atoms in total. The second-order valence-electron chi connectivity index (χ2n) is 3.37. The predicted molar refractivity (Wildman–Crippen MR) is 48.2 cm³/mol. The molecule has 2 N–H and O–H groups in total. The van der Waals surface area contributed by atoms with Gasteiger partial charge in [0.05, 0.1) is 6.07 Å². The summed E-state index contributed by atoms with van der Waals surface area (Å²) in [5.74, 6) is -1.99. The Balaban J connectivity index is 3.41. The van der Waals surface area contributed by atoms with Crippen LogP contribution in [0.3, 0.4) is 0 Å². The Morgan fingerprint density at radius 1 is 1.36 bits per heavy atom. The fraction of sp³-hybridized carbons (Fsp3) is 0.300. The molecule has 0 aromatic heterocycles. The monoisotopic (exact) mass is 196 g/mol. The standard InChI is InChI=1S/C10H10F2N2/c1-6-3-4-7(9(12)8(6)11)10(2,14)5-13/h3-4H,14H2,1-2H3/t10-/m1/s1. The van der Waals surface area contributed by atoms with Crippen molar-refractivity contribution in [2.45, 2.75) is 19.4 Å². The van der Waals surface area contributed by atoms with Crippen molar-refractivity contribution in [1.29, 1.82) is 5.26 Å². The summed E-state index contributed by atoms with van der Waals surface area (Å²) < 4.78 is 26.5. The largest absolute Gasteiger partial charge is 0.310 e. The Morgan fingerprint density at radius 2 is 1.93 bits per heavy atom. The van der Waals surface area contributed by atoms with Crippen molar-refractivity contribution in [3.63, 3.8) is 0 Å². The number of hydrogen-bond acceptors (Lipinski definition) is 2. The topological polar surface area (TPSA) is 49.8 Å². The summed E-state index contributed by atoms with van der Waals surface area (Å²) in [5.41, 5.74) is 4.06. The Labute approximate surface area is 81.0 Å². The lowest BCUT2D eigenvalue weighted by atomic mass is 9.93. The number of rotatable bonds is 1. The smallest absolute Gasteiger partial charge is 0.165 e. The van der Waals surface area contributed by atoms with Gasteiger partial charge in [0, 0.05) is 5.56 Å². The molecule has 4 heteroatoms. The van der Waals surface area contributed by atoms with Gasteiger partial charge in [-0.2, -0.15) is 5.26 Å². The van der Waals surface area contributed by atoms with Crippen molar-refractivity contribution in [3.8, 4) is 6.07 Å². The first-order chi connectivity index (χ1) is 6.40. The Bertz CT molecular complexity index is 405. The quantitative estimate of drug-likeness (QED) is 0.746. The third-order valence-electron chi connectivity index (χ3n) is 2.07. The zero-order chi connectivity index (χ0) is 10.9. The molecule has 1 aromatic carbocycles. The highest BCUT2D eigenvalue weighted by atomic mass is 19.2. The number of nitrogens with zero attached hydrogens (tertiary/aromatic N) is 1. The van der Waals surface area contributed by atoms with E-state index in [9.17, 15) is 8.78 Å². The van der Waals surface area contributed by atoms with Gasteiger partial charge < -0.3 is 5.73 Å². The van der Waals surface area contributed by atoms with Gasteiger partial charge in [-0.25, -0.2) is 8.78 Å². The zero-order valence-electron chi connectivity index (χ0n) is 7.94. The van der Waals surface area contributed by atoms with Crippen LogP contribution in [0.2, 0.25) is 0 Å². The van der Waals surface area contributed by atoms with Gasteiger partial charge in [-0.3, -0.25) is 0 Å². The lowest BCUT2D eigenvalue weighted by molar-refractivity contribution is 0.472. The van der Waals surface area contributed by atoms with E-state index < -0.39 is 17.2 Å². The van der Waals surface area contributed by atoms with E-state index in [1.807, 2.05) is 0 Å². The van der Waals surface area contributed by atoms with Gasteiger partial charge in [-0.15, -0.1) is 0 Å². The molecule has 0 amide bonds. The number of nitrogens with two attached hydrogens (primary N) is 1. The molecule has 0 fully saturated rings. The molecule has 0 saturated carbocycles. The SMILES string of the molecule is Cc1ccc([C@](C)(N)C#N)c(F)c1F. The van der Waals surface area contributed by atoms with E-state index in [0.717, 1.165) is 0 Å². The van der Waals surface area contributed by atoms with Crippen molar-refractivity contribution in [2.75, 3.05) is 0 Å². The molecule has 1 atom stereocenters. The first-order valence-electron chi connectivity index (χ1n) is 4.05. The van der Waals surface area contributed by atoms with Crippen LogP contribution in [0.5, 0.6) is 0 Å². The number of nitriles is 1. The van der Waals surface area contributed by atoms with E-state index in [1.165, 1.54) is 26.0 Å². The summed E-state index contributed by atoms with van der Waals surface area (Å²) in [4.78, 5) is 0. The minimum atomic E-state index is -1.50. The van der Waals surface area contributed by atoms with Crippen molar-refractivity contribution >= 4 is 0 Å². The molecule has 1 aromatic rings. The molecule has 0 aliphatic heterocycles. The maximum absolute atomic E-state index is 13.3. The van der Waals surface area contributed by atoms with Gasteiger partial charge in [0.1, 0.15) is 5.54 Å². The molecule has 0 spiro atoms. The normalized spacial score (nSPS) is 14.6. The minimum Gasteiger partial charge on any atom is -0.310 e.